The highest BCUT2D eigenvalue weighted by Gasteiger charge is 2.01. The molecule has 2 rings (SSSR count). The van der Waals surface area contributed by atoms with Crippen molar-refractivity contribution in [2.45, 2.75) is 20.0 Å². The van der Waals surface area contributed by atoms with Gasteiger partial charge in [-0.15, -0.1) is 0 Å². The summed E-state index contributed by atoms with van der Waals surface area (Å²) >= 11 is 0. The number of nitrogens with one attached hydrogen (secondary N) is 1. The summed E-state index contributed by atoms with van der Waals surface area (Å²) in [6.45, 7) is 3.54. The van der Waals surface area contributed by atoms with Crippen molar-refractivity contribution in [3.63, 3.8) is 0 Å². The Balaban J connectivity index is 2.20. The van der Waals surface area contributed by atoms with Crippen molar-refractivity contribution < 1.29 is 0 Å². The Kier molecular flexibility index (Phi) is 3.22. The van der Waals surface area contributed by atoms with E-state index < -0.39 is 0 Å². The molecule has 4 heteroatoms. The van der Waals surface area contributed by atoms with Crippen LogP contribution in [0.2, 0.25) is 0 Å². The van der Waals surface area contributed by atoms with E-state index in [1.807, 2.05) is 30.5 Å². The van der Waals surface area contributed by atoms with E-state index in [-0.39, 0.29) is 0 Å². The highest BCUT2D eigenvalue weighted by atomic mass is 15.2. The minimum Gasteiger partial charge on any atom is -0.326 e. The highest BCUT2D eigenvalue weighted by molar-refractivity contribution is 5.54. The molecular formula is C12H16N4. The normalized spacial score (nSPS) is 10.4. The van der Waals surface area contributed by atoms with E-state index in [0.29, 0.717) is 6.54 Å². The Morgan fingerprint density at radius 3 is 3.06 bits per heavy atom. The third kappa shape index (κ3) is 2.23. The number of hydrogen-bond acceptors (Lipinski definition) is 3. The van der Waals surface area contributed by atoms with E-state index in [1.165, 1.54) is 0 Å². The molecule has 0 atom stereocenters. The summed E-state index contributed by atoms with van der Waals surface area (Å²) in [5.41, 5.74) is 7.73. The van der Waals surface area contributed by atoms with E-state index in [0.717, 1.165) is 23.7 Å². The van der Waals surface area contributed by atoms with Gasteiger partial charge in [-0.05, 0) is 24.6 Å². The molecule has 0 radical (unpaired) electrons. The van der Waals surface area contributed by atoms with E-state index >= 15 is 0 Å². The van der Waals surface area contributed by atoms with Crippen molar-refractivity contribution >= 4 is 11.6 Å². The number of nitrogens with zero attached hydrogens (tertiary/aromatic N) is 2. The predicted octanol–water partition coefficient (Wildman–Crippen LogP) is 2.11. The monoisotopic (exact) mass is 216 g/mol. The third-order valence-electron chi connectivity index (χ3n) is 2.47. The molecule has 0 aliphatic carbocycles. The molecule has 1 aromatic heterocycles. The third-order valence-corrected chi connectivity index (χ3v) is 2.47. The number of imidazole rings is 1. The highest BCUT2D eigenvalue weighted by Crippen LogP contribution is 2.16. The average molecular weight is 216 g/mol. The molecule has 0 amide bonds. The zero-order valence-corrected chi connectivity index (χ0v) is 9.35. The van der Waals surface area contributed by atoms with Crippen LogP contribution in [0.25, 0.3) is 0 Å². The van der Waals surface area contributed by atoms with Gasteiger partial charge in [0.1, 0.15) is 0 Å². The van der Waals surface area contributed by atoms with E-state index in [9.17, 15) is 0 Å². The lowest BCUT2D eigenvalue weighted by molar-refractivity contribution is 0.772. The largest absolute Gasteiger partial charge is 0.326 e. The summed E-state index contributed by atoms with van der Waals surface area (Å²) < 4.78 is 2.05. The molecule has 1 heterocycles. The van der Waals surface area contributed by atoms with Gasteiger partial charge in [-0.1, -0.05) is 12.1 Å². The quantitative estimate of drug-likeness (QED) is 0.823. The standard InChI is InChI=1S/C12H16N4/c1-2-16-7-6-14-12(16)15-11-5-3-4-10(8-11)9-13/h3-8H,2,9,13H2,1H3,(H,14,15). The van der Waals surface area contributed by atoms with Gasteiger partial charge in [-0.25, -0.2) is 4.98 Å². The van der Waals surface area contributed by atoms with Gasteiger partial charge in [0.2, 0.25) is 5.95 Å². The second-order valence-corrected chi connectivity index (χ2v) is 3.57. The average Bonchev–Trinajstić information content (AvgIpc) is 2.76. The van der Waals surface area contributed by atoms with Crippen LogP contribution < -0.4 is 11.1 Å². The van der Waals surface area contributed by atoms with Gasteiger partial charge in [0, 0.05) is 31.2 Å². The van der Waals surface area contributed by atoms with Crippen LogP contribution in [-0.2, 0) is 13.1 Å². The molecule has 84 valence electrons. The Labute approximate surface area is 95.1 Å². The van der Waals surface area contributed by atoms with Gasteiger partial charge in [0.15, 0.2) is 0 Å². The molecule has 3 N–H and O–H groups in total. The summed E-state index contributed by atoms with van der Waals surface area (Å²) in [6.07, 6.45) is 3.74. The van der Waals surface area contributed by atoms with E-state index in [2.05, 4.69) is 21.8 Å². The first-order valence-corrected chi connectivity index (χ1v) is 5.40. The molecule has 0 unspecified atom stereocenters. The molecule has 1 aromatic carbocycles. The van der Waals surface area contributed by atoms with Crippen molar-refractivity contribution in [2.75, 3.05) is 5.32 Å². The lowest BCUT2D eigenvalue weighted by atomic mass is 10.2. The minimum atomic E-state index is 0.553. The number of benzene rings is 1. The molecule has 0 saturated heterocycles. The molecule has 0 aliphatic heterocycles. The molecule has 0 fully saturated rings. The first-order chi connectivity index (χ1) is 7.83. The summed E-state index contributed by atoms with van der Waals surface area (Å²) in [4.78, 5) is 4.26. The number of rotatable bonds is 4. The number of aromatic nitrogens is 2. The summed E-state index contributed by atoms with van der Waals surface area (Å²) in [7, 11) is 0. The molecule has 4 nitrogen and oxygen atoms in total. The summed E-state index contributed by atoms with van der Waals surface area (Å²) in [5.74, 6) is 0.858. The molecular weight excluding hydrogens is 200 g/mol. The van der Waals surface area contributed by atoms with Crippen molar-refractivity contribution in [1.29, 1.82) is 0 Å². The molecule has 16 heavy (non-hydrogen) atoms. The van der Waals surface area contributed by atoms with Gasteiger partial charge >= 0.3 is 0 Å². The molecule has 2 aromatic rings. The molecule has 0 bridgehead atoms. The topological polar surface area (TPSA) is 55.9 Å². The maximum atomic E-state index is 5.60. The van der Waals surface area contributed by atoms with Crippen LogP contribution in [0.3, 0.4) is 0 Å². The second kappa shape index (κ2) is 4.81. The number of aryl methyl sites for hydroxylation is 1. The maximum absolute atomic E-state index is 5.60. The fraction of sp³-hybridized carbons (Fsp3) is 0.250. The minimum absolute atomic E-state index is 0.553. The molecule has 0 saturated carbocycles. The first-order valence-electron chi connectivity index (χ1n) is 5.40. The van der Waals surface area contributed by atoms with E-state index in [1.54, 1.807) is 6.20 Å². The van der Waals surface area contributed by atoms with Crippen molar-refractivity contribution in [1.82, 2.24) is 9.55 Å². The second-order valence-electron chi connectivity index (χ2n) is 3.57. The smallest absolute Gasteiger partial charge is 0.207 e. The molecule has 0 spiro atoms. The van der Waals surface area contributed by atoms with Crippen molar-refractivity contribution in [3.05, 3.63) is 42.2 Å². The fourth-order valence-corrected chi connectivity index (χ4v) is 1.59. The lowest BCUT2D eigenvalue weighted by Gasteiger charge is -2.08. The Morgan fingerprint density at radius 2 is 2.31 bits per heavy atom. The Bertz CT molecular complexity index is 462. The first kappa shape index (κ1) is 10.7. The zero-order chi connectivity index (χ0) is 11.4. The van der Waals surface area contributed by atoms with E-state index in [4.69, 9.17) is 5.73 Å². The fourth-order valence-electron chi connectivity index (χ4n) is 1.59. The van der Waals surface area contributed by atoms with Crippen LogP contribution in [0.15, 0.2) is 36.7 Å². The van der Waals surface area contributed by atoms with Gasteiger partial charge in [-0.3, -0.25) is 0 Å². The Hall–Kier alpha value is -1.81. The van der Waals surface area contributed by atoms with Gasteiger partial charge < -0.3 is 15.6 Å². The van der Waals surface area contributed by atoms with Crippen LogP contribution in [0.4, 0.5) is 11.6 Å². The van der Waals surface area contributed by atoms with Gasteiger partial charge in [0.05, 0.1) is 0 Å². The SMILES string of the molecule is CCn1ccnc1Nc1cccc(CN)c1. The van der Waals surface area contributed by atoms with Gasteiger partial charge in [-0.2, -0.15) is 0 Å². The van der Waals surface area contributed by atoms with Crippen LogP contribution in [0.1, 0.15) is 12.5 Å². The van der Waals surface area contributed by atoms with Gasteiger partial charge in [0.25, 0.3) is 0 Å². The van der Waals surface area contributed by atoms with Crippen LogP contribution in [0, 0.1) is 0 Å². The lowest BCUT2D eigenvalue weighted by Crippen LogP contribution is -2.02. The Morgan fingerprint density at radius 1 is 1.44 bits per heavy atom. The predicted molar refractivity (Wildman–Crippen MR) is 65.5 cm³/mol. The van der Waals surface area contributed by atoms with Crippen molar-refractivity contribution in [2.24, 2.45) is 5.73 Å². The van der Waals surface area contributed by atoms with Crippen LogP contribution in [-0.4, -0.2) is 9.55 Å². The molecule has 0 aliphatic rings. The van der Waals surface area contributed by atoms with Crippen LogP contribution >= 0.6 is 0 Å². The number of nitrogens with two attached hydrogens (primary N) is 1. The van der Waals surface area contributed by atoms with Crippen molar-refractivity contribution in [3.8, 4) is 0 Å². The number of hydrogen-bond donors (Lipinski definition) is 2. The number of anilines is 2. The zero-order valence-electron chi connectivity index (χ0n) is 9.35. The van der Waals surface area contributed by atoms with Crippen LogP contribution in [0.5, 0.6) is 0 Å². The summed E-state index contributed by atoms with van der Waals surface area (Å²) in [5, 5.41) is 3.27. The maximum Gasteiger partial charge on any atom is 0.207 e. The summed E-state index contributed by atoms with van der Waals surface area (Å²) in [6, 6.07) is 8.05.